The number of aromatic nitrogens is 4. The number of aryl methyl sites for hydroxylation is 2. The second-order valence-corrected chi connectivity index (χ2v) is 5.46. The van der Waals surface area contributed by atoms with Crippen molar-refractivity contribution in [1.82, 2.24) is 19.9 Å². The molecule has 0 spiro atoms. The van der Waals surface area contributed by atoms with Crippen LogP contribution in [0.3, 0.4) is 0 Å². The lowest BCUT2D eigenvalue weighted by Crippen LogP contribution is -2.01. The summed E-state index contributed by atoms with van der Waals surface area (Å²) in [4.78, 5) is 17.6. The number of thioether (sulfide) groups is 1. The third-order valence-electron chi connectivity index (χ3n) is 3.02. The molecule has 5 nitrogen and oxygen atoms in total. The zero-order chi connectivity index (χ0) is 14.5. The van der Waals surface area contributed by atoms with Gasteiger partial charge in [-0.05, 0) is 33.3 Å². The summed E-state index contributed by atoms with van der Waals surface area (Å²) in [5.74, 6) is 1.53. The highest BCUT2D eigenvalue weighted by Gasteiger charge is 2.06. The summed E-state index contributed by atoms with van der Waals surface area (Å²) in [5, 5.41) is 3.92. The first-order valence-electron chi connectivity index (χ1n) is 6.59. The van der Waals surface area contributed by atoms with Crippen molar-refractivity contribution in [2.45, 2.75) is 38.6 Å². The van der Waals surface area contributed by atoms with Gasteiger partial charge in [-0.1, -0.05) is 11.8 Å². The van der Waals surface area contributed by atoms with Gasteiger partial charge < -0.3 is 5.32 Å². The van der Waals surface area contributed by atoms with Crippen molar-refractivity contribution in [3.63, 3.8) is 0 Å². The van der Waals surface area contributed by atoms with Crippen molar-refractivity contribution in [2.24, 2.45) is 0 Å². The predicted molar refractivity (Wildman–Crippen MR) is 82.0 cm³/mol. The van der Waals surface area contributed by atoms with Crippen LogP contribution < -0.4 is 5.32 Å². The maximum Gasteiger partial charge on any atom is 0.188 e. The topological polar surface area (TPSA) is 63.6 Å². The molecule has 20 heavy (non-hydrogen) atoms. The lowest BCUT2D eigenvalue weighted by molar-refractivity contribution is 0.879. The average Bonchev–Trinajstić information content (AvgIpc) is 2.44. The number of nitrogens with zero attached hydrogens (tertiary/aromatic N) is 4. The van der Waals surface area contributed by atoms with Gasteiger partial charge in [0.15, 0.2) is 5.16 Å². The minimum atomic E-state index is 0.724. The third-order valence-corrected chi connectivity index (χ3v) is 3.91. The first-order chi connectivity index (χ1) is 9.60. The molecule has 0 fully saturated rings. The maximum atomic E-state index is 4.49. The van der Waals surface area contributed by atoms with Crippen molar-refractivity contribution >= 4 is 17.6 Å². The van der Waals surface area contributed by atoms with Gasteiger partial charge in [0.25, 0.3) is 0 Å². The molecule has 0 radical (unpaired) electrons. The summed E-state index contributed by atoms with van der Waals surface area (Å²) in [5.41, 5.74) is 4.16. The van der Waals surface area contributed by atoms with Crippen LogP contribution in [-0.2, 0) is 5.75 Å². The standard InChI is InChI=1S/C14H19N5S/c1-5-15-13-7-16-12(6-17-13)8-20-14-18-10(3)9(2)11(4)19-14/h6-7H,5,8H2,1-4H3,(H,15,17). The van der Waals surface area contributed by atoms with Crippen molar-refractivity contribution in [3.05, 3.63) is 35.0 Å². The Morgan fingerprint density at radius 2 is 1.75 bits per heavy atom. The second-order valence-electron chi connectivity index (χ2n) is 4.51. The quantitative estimate of drug-likeness (QED) is 0.674. The highest BCUT2D eigenvalue weighted by atomic mass is 32.2. The van der Waals surface area contributed by atoms with Crippen LogP contribution in [0.15, 0.2) is 17.6 Å². The molecule has 0 saturated carbocycles. The lowest BCUT2D eigenvalue weighted by atomic mass is 10.2. The molecule has 2 aromatic rings. The zero-order valence-electron chi connectivity index (χ0n) is 12.3. The highest BCUT2D eigenvalue weighted by molar-refractivity contribution is 7.98. The van der Waals surface area contributed by atoms with E-state index in [9.17, 15) is 0 Å². The molecule has 0 aliphatic carbocycles. The maximum absolute atomic E-state index is 4.49. The molecule has 0 bridgehead atoms. The van der Waals surface area contributed by atoms with E-state index in [2.05, 4.69) is 25.3 Å². The summed E-state index contributed by atoms with van der Waals surface area (Å²) in [6, 6.07) is 0. The van der Waals surface area contributed by atoms with Gasteiger partial charge in [-0.25, -0.2) is 15.0 Å². The minimum Gasteiger partial charge on any atom is -0.369 e. The molecule has 0 saturated heterocycles. The SMILES string of the molecule is CCNc1cnc(CSc2nc(C)c(C)c(C)n2)cn1. The van der Waals surface area contributed by atoms with Crippen LogP contribution in [0.4, 0.5) is 5.82 Å². The van der Waals surface area contributed by atoms with Gasteiger partial charge in [0, 0.05) is 23.7 Å². The molecule has 0 aliphatic rings. The molecule has 0 atom stereocenters. The first-order valence-corrected chi connectivity index (χ1v) is 7.58. The van der Waals surface area contributed by atoms with Crippen LogP contribution in [0.2, 0.25) is 0 Å². The summed E-state index contributed by atoms with van der Waals surface area (Å²) >= 11 is 1.58. The lowest BCUT2D eigenvalue weighted by Gasteiger charge is -2.07. The van der Waals surface area contributed by atoms with Gasteiger partial charge in [-0.2, -0.15) is 0 Å². The fourth-order valence-electron chi connectivity index (χ4n) is 1.65. The normalized spacial score (nSPS) is 10.6. The fourth-order valence-corrected chi connectivity index (χ4v) is 2.48. The molecule has 0 unspecified atom stereocenters. The molecule has 0 amide bonds. The van der Waals surface area contributed by atoms with E-state index in [1.54, 1.807) is 24.2 Å². The largest absolute Gasteiger partial charge is 0.369 e. The van der Waals surface area contributed by atoms with Gasteiger partial charge in [0.05, 0.1) is 18.1 Å². The molecular weight excluding hydrogens is 270 g/mol. The summed E-state index contributed by atoms with van der Waals surface area (Å²) in [6.07, 6.45) is 3.55. The molecule has 2 rings (SSSR count). The van der Waals surface area contributed by atoms with E-state index in [0.717, 1.165) is 45.9 Å². The van der Waals surface area contributed by atoms with Gasteiger partial charge in [0.2, 0.25) is 0 Å². The Hall–Kier alpha value is -1.69. The number of anilines is 1. The molecule has 0 aromatic carbocycles. The summed E-state index contributed by atoms with van der Waals surface area (Å²) in [6.45, 7) is 8.95. The summed E-state index contributed by atoms with van der Waals surface area (Å²) in [7, 11) is 0. The minimum absolute atomic E-state index is 0.724. The van der Waals surface area contributed by atoms with E-state index in [1.165, 1.54) is 0 Å². The van der Waals surface area contributed by atoms with Gasteiger partial charge >= 0.3 is 0 Å². The smallest absolute Gasteiger partial charge is 0.188 e. The highest BCUT2D eigenvalue weighted by Crippen LogP contribution is 2.20. The van der Waals surface area contributed by atoms with E-state index < -0.39 is 0 Å². The van der Waals surface area contributed by atoms with Crippen LogP contribution >= 0.6 is 11.8 Å². The van der Waals surface area contributed by atoms with Crippen molar-refractivity contribution in [1.29, 1.82) is 0 Å². The molecule has 0 aliphatic heterocycles. The Balaban J connectivity index is 2.01. The number of hydrogen-bond acceptors (Lipinski definition) is 6. The number of rotatable bonds is 5. The van der Waals surface area contributed by atoms with Crippen LogP contribution in [-0.4, -0.2) is 26.5 Å². The van der Waals surface area contributed by atoms with Gasteiger partial charge in [-0.3, -0.25) is 4.98 Å². The fraction of sp³-hybridized carbons (Fsp3) is 0.429. The number of hydrogen-bond donors (Lipinski definition) is 1. The van der Waals surface area contributed by atoms with E-state index >= 15 is 0 Å². The Kier molecular flexibility index (Phi) is 4.89. The van der Waals surface area contributed by atoms with E-state index in [1.807, 2.05) is 27.7 Å². The Morgan fingerprint density at radius 3 is 2.30 bits per heavy atom. The Bertz CT molecular complexity index is 560. The van der Waals surface area contributed by atoms with Crippen LogP contribution in [0.5, 0.6) is 0 Å². The zero-order valence-corrected chi connectivity index (χ0v) is 13.1. The Labute approximate surface area is 123 Å². The van der Waals surface area contributed by atoms with Crippen molar-refractivity contribution < 1.29 is 0 Å². The van der Waals surface area contributed by atoms with Crippen molar-refractivity contribution in [2.75, 3.05) is 11.9 Å². The van der Waals surface area contributed by atoms with Gasteiger partial charge in [0.1, 0.15) is 5.82 Å². The second kappa shape index (κ2) is 6.65. The Morgan fingerprint density at radius 1 is 1.05 bits per heavy atom. The van der Waals surface area contributed by atoms with E-state index in [-0.39, 0.29) is 0 Å². The van der Waals surface area contributed by atoms with E-state index in [0.29, 0.717) is 0 Å². The molecule has 2 heterocycles. The third kappa shape index (κ3) is 3.66. The monoisotopic (exact) mass is 289 g/mol. The predicted octanol–water partition coefficient (Wildman–Crippen LogP) is 2.92. The average molecular weight is 289 g/mol. The van der Waals surface area contributed by atoms with Crippen LogP contribution in [0.25, 0.3) is 0 Å². The first kappa shape index (κ1) is 14.7. The van der Waals surface area contributed by atoms with Crippen LogP contribution in [0, 0.1) is 20.8 Å². The molecular formula is C14H19N5S. The molecule has 6 heteroatoms. The molecule has 106 valence electrons. The van der Waals surface area contributed by atoms with E-state index in [4.69, 9.17) is 0 Å². The molecule has 1 N–H and O–H groups in total. The molecule has 2 aromatic heterocycles. The number of nitrogens with one attached hydrogen (secondary N) is 1. The van der Waals surface area contributed by atoms with Crippen molar-refractivity contribution in [3.8, 4) is 0 Å². The van der Waals surface area contributed by atoms with Gasteiger partial charge in [-0.15, -0.1) is 0 Å². The van der Waals surface area contributed by atoms with Crippen LogP contribution in [0.1, 0.15) is 29.6 Å². The summed E-state index contributed by atoms with van der Waals surface area (Å²) < 4.78 is 0.